The van der Waals surface area contributed by atoms with Crippen LogP contribution in [0, 0.1) is 23.2 Å². The fourth-order valence-corrected chi connectivity index (χ4v) is 20.1. The zero-order valence-corrected chi connectivity index (χ0v) is 68.5. The van der Waals surface area contributed by atoms with E-state index in [9.17, 15) is 102 Å². The first-order chi connectivity index (χ1) is 57.9. The number of amides is 7. The Bertz CT molecular complexity index is 5150. The number of carbonyl (C=O) groups excluding carboxylic acids is 7. The number of carboxylic acid groups (broad SMARTS) is 2. The van der Waals surface area contributed by atoms with E-state index in [0.717, 1.165) is 77.4 Å². The number of methoxy groups -OCH3 is 2. The predicted molar refractivity (Wildman–Crippen MR) is 427 cm³/mol. The van der Waals surface area contributed by atoms with Gasteiger partial charge in [-0.2, -0.15) is 13.5 Å². The Morgan fingerprint density at radius 2 is 1.52 bits per heavy atom. The van der Waals surface area contributed by atoms with E-state index in [1.807, 2.05) is 46.1 Å². The van der Waals surface area contributed by atoms with Crippen molar-refractivity contribution in [3.63, 3.8) is 0 Å². The number of nitrogens with one attached hydrogen (secondary N) is 4. The molecule has 3 unspecified atom stereocenters. The van der Waals surface area contributed by atoms with Gasteiger partial charge in [-0.1, -0.05) is 49.5 Å². The topological polar surface area (TPSA) is 565 Å². The van der Waals surface area contributed by atoms with Crippen molar-refractivity contribution in [3.05, 3.63) is 125 Å². The van der Waals surface area contributed by atoms with Gasteiger partial charge in [0.25, 0.3) is 27.8 Å². The van der Waals surface area contributed by atoms with Gasteiger partial charge in [0, 0.05) is 92.9 Å². The number of aliphatic carboxylic acids is 1. The van der Waals surface area contributed by atoms with Gasteiger partial charge < -0.3 is 100 Å². The van der Waals surface area contributed by atoms with Gasteiger partial charge in [-0.25, -0.2) is 24.4 Å². The zero-order valence-electron chi connectivity index (χ0n) is 66.8. The van der Waals surface area contributed by atoms with Gasteiger partial charge in [-0.3, -0.25) is 57.7 Å². The average molecular weight is 1740 g/mol. The van der Waals surface area contributed by atoms with Crippen LogP contribution in [0.3, 0.4) is 0 Å². The van der Waals surface area contributed by atoms with Crippen LogP contribution in [0.4, 0.5) is 21.4 Å². The lowest BCUT2D eigenvalue weighted by Crippen LogP contribution is -2.71. The number of imide groups is 1. The first-order valence-corrected chi connectivity index (χ1v) is 41.5. The molecule has 4 bridgehead atoms. The number of hydrogen-bond acceptors (Lipinski definition) is 31. The van der Waals surface area contributed by atoms with Crippen LogP contribution < -0.4 is 35.6 Å². The van der Waals surface area contributed by atoms with Gasteiger partial charge in [0.2, 0.25) is 17.7 Å². The second-order valence-electron chi connectivity index (χ2n) is 32.4. The van der Waals surface area contributed by atoms with E-state index in [2.05, 4.69) is 34.8 Å². The third-order valence-corrected chi connectivity index (χ3v) is 24.6. The monoisotopic (exact) mass is 1740 g/mol. The van der Waals surface area contributed by atoms with Crippen LogP contribution in [0.5, 0.6) is 11.5 Å². The molecule has 7 heterocycles. The fourth-order valence-electron chi connectivity index (χ4n) is 18.6. The summed E-state index contributed by atoms with van der Waals surface area (Å²) in [7, 11) is -1.98. The molecule has 3 aromatic heterocycles. The first-order valence-electron chi connectivity index (χ1n) is 39.1. The number of pyridine rings is 1. The van der Waals surface area contributed by atoms with Gasteiger partial charge in [0.15, 0.2) is 29.3 Å². The molecule has 42 heteroatoms. The number of rotatable bonds is 34. The second-order valence-corrected chi connectivity index (χ2v) is 34.9. The highest BCUT2D eigenvalue weighted by molar-refractivity contribution is 7.85. The standard InChI is InChI=1S/C80H95N11O29S2/c1-42-47(45-14-17-56(86-61(45)71(105)106)89-23-21-44-48(31-89)46(13-16-52(44)114-5)69(103)87-74-85-49-10-6-7-11-55(49)121-74)30-82-91(42)41-78-36-76(2)35-77(3,37-78)39-79(38-76,40-78)116-28-25-88(24-27-113-4)75(109)115-26-8-9-43-12-15-53(118-80(68(102)65(100)64(99)67(119-80)72(107)108)120-73-66(101)63(98)62(97)54(33-92)117-73)50(29-43)83-57(93)20-22-81-70(104)51(34-122(110,111)112)84-58(94)32-90-59(95)18-19-60(90)96/h6-19,29-30,51,54,62-68,73,92,97-102H,20-28,31-41H2,1-5H3,(H,81,104)(H,83,93)(H,84,94)(H,105,106)(H,107,108)(H,85,87,103)(H,110,111,112)/b9-8+/t51-,54+,62+,63-,64-,65-,66+,67-,68+,73-,76?,77?,78?,79?,80?/m0/s1. The quantitative estimate of drug-likeness (QED) is 0.0154. The minimum atomic E-state index is -5.02. The Kier molecular flexibility index (Phi) is 26.4. The van der Waals surface area contributed by atoms with E-state index in [1.165, 1.54) is 47.6 Å². The molecule has 14 N–H and O–H groups in total. The van der Waals surface area contributed by atoms with E-state index >= 15 is 0 Å². The summed E-state index contributed by atoms with van der Waals surface area (Å²) in [5.74, 6) is -13.3. The van der Waals surface area contributed by atoms with Crippen LogP contribution in [0.1, 0.15) is 102 Å². The number of nitrogens with zero attached hydrogens (tertiary/aromatic N) is 7. The molecule has 7 amide bonds. The van der Waals surface area contributed by atoms with Crippen molar-refractivity contribution in [2.24, 2.45) is 16.2 Å². The maximum atomic E-state index is 14.1. The minimum absolute atomic E-state index is 0.0701. The lowest BCUT2D eigenvalue weighted by Gasteiger charge is -2.69. The molecule has 4 aliphatic carbocycles. The fraction of sp³-hybridized carbons (Fsp3) is 0.500. The molecule has 3 aromatic carbocycles. The van der Waals surface area contributed by atoms with Crippen molar-refractivity contribution in [1.82, 2.24) is 40.2 Å². The van der Waals surface area contributed by atoms with Crippen LogP contribution in [-0.4, -0.2) is 294 Å². The molecular weight excluding hydrogens is 1640 g/mol. The maximum absolute atomic E-state index is 14.1. The number of benzene rings is 3. The number of carbonyl (C=O) groups is 9. The molecule has 8 aliphatic rings. The maximum Gasteiger partial charge on any atom is 0.410 e. The van der Waals surface area contributed by atoms with Crippen LogP contribution in [0.25, 0.3) is 27.4 Å². The second kappa shape index (κ2) is 36.1. The van der Waals surface area contributed by atoms with E-state index in [4.69, 9.17) is 48.0 Å². The Labute approximate surface area is 701 Å². The summed E-state index contributed by atoms with van der Waals surface area (Å²) in [6.07, 6.45) is -10.6. The van der Waals surface area contributed by atoms with Crippen LogP contribution in [0.15, 0.2) is 91.2 Å². The first kappa shape index (κ1) is 89.2. The number of hydrogen-bond donors (Lipinski definition) is 14. The minimum Gasteiger partial charge on any atom is -0.496 e. The summed E-state index contributed by atoms with van der Waals surface area (Å²) in [6.45, 7) is 5.02. The number of carboxylic acids is 2. The number of aliphatic hydroxyl groups is 7. The van der Waals surface area contributed by atoms with Crippen LogP contribution >= 0.6 is 11.3 Å². The van der Waals surface area contributed by atoms with Crippen molar-refractivity contribution in [2.45, 2.75) is 158 Å². The van der Waals surface area contributed by atoms with Crippen molar-refractivity contribution >= 4 is 108 Å². The zero-order chi connectivity index (χ0) is 87.7. The number of fused-ring (bicyclic) bond motifs is 2. The summed E-state index contributed by atoms with van der Waals surface area (Å²) < 4.78 is 83.3. The van der Waals surface area contributed by atoms with Gasteiger partial charge in [-0.15, -0.1) is 0 Å². The van der Waals surface area contributed by atoms with E-state index in [-0.39, 0.29) is 72.9 Å². The Balaban J connectivity index is 0.683. The molecule has 40 nitrogen and oxygen atoms in total. The third kappa shape index (κ3) is 19.4. The molecule has 14 rings (SSSR count). The molecule has 2 saturated heterocycles. The largest absolute Gasteiger partial charge is 0.496 e. The van der Waals surface area contributed by atoms with Crippen molar-refractivity contribution in [2.75, 3.05) is 94.7 Å². The molecule has 122 heavy (non-hydrogen) atoms. The predicted octanol–water partition coefficient (Wildman–Crippen LogP) is 1.48. The van der Waals surface area contributed by atoms with Crippen molar-refractivity contribution in [1.29, 1.82) is 0 Å². The van der Waals surface area contributed by atoms with Crippen molar-refractivity contribution in [3.8, 4) is 22.6 Å². The van der Waals surface area contributed by atoms with Gasteiger partial charge >= 0.3 is 24.0 Å². The molecule has 0 spiro atoms. The smallest absolute Gasteiger partial charge is 0.410 e. The third-order valence-electron chi connectivity index (χ3n) is 22.9. The van der Waals surface area contributed by atoms with Crippen LogP contribution in [0.2, 0.25) is 0 Å². The highest BCUT2D eigenvalue weighted by atomic mass is 32.2. The molecule has 0 radical (unpaired) electrons. The summed E-state index contributed by atoms with van der Waals surface area (Å²) in [4.78, 5) is 132. The lowest BCUT2D eigenvalue weighted by atomic mass is 9.39. The average Bonchev–Trinajstić information content (AvgIpc) is 0.792. The molecule has 656 valence electrons. The number of thiazole rings is 1. The van der Waals surface area contributed by atoms with Gasteiger partial charge in [0.1, 0.15) is 78.9 Å². The normalized spacial score (nSPS) is 27.5. The number of para-hydroxylation sites is 1. The number of aliphatic hydroxyl groups excluding tert-OH is 7. The summed E-state index contributed by atoms with van der Waals surface area (Å²) in [5, 5.41) is 112. The highest BCUT2D eigenvalue weighted by Crippen LogP contribution is 2.72. The molecule has 4 aliphatic heterocycles. The van der Waals surface area contributed by atoms with E-state index < -0.39 is 174 Å². The molecular formula is C80H95N11O29S2. The van der Waals surface area contributed by atoms with Crippen LogP contribution in [-0.2, 0) is 86.8 Å². The molecule has 13 atom stereocenters. The Morgan fingerprint density at radius 1 is 0.803 bits per heavy atom. The molecule has 6 aromatic rings. The summed E-state index contributed by atoms with van der Waals surface area (Å²) in [5.41, 5.74) is 2.85. The number of anilines is 3. The Hall–Kier alpha value is -10.5. The number of aromatic nitrogens is 4. The van der Waals surface area contributed by atoms with E-state index in [0.29, 0.717) is 64.2 Å². The SMILES string of the molecule is COCCN(CCOC12CC3(C)CC(C)(CC(Cn4ncc(-c5ccc(N6CCc7c(OC)ccc(C(=O)Nc8nc9ccccc9s8)c7C6)nc5C(=O)O)c4C)(C3)C1)C2)C(=O)OC/C=C/c1ccc(OC2(O[C@@H]3O[C@H](CO)[C@@H](O)[C@H](O)[C@H]3O)O[C@H](C(=O)O)[C@@H](O)[C@H](O)[C@H]2O)c(NC(=O)CCNC(=O)[C@H](CS(=O)(=O)O)NC(=O)CN2C(=O)C=CC2=O)c1. The summed E-state index contributed by atoms with van der Waals surface area (Å²) in [6, 6.07) is 16.1. The molecule has 6 fully saturated rings. The van der Waals surface area contributed by atoms with E-state index in [1.54, 1.807) is 37.6 Å². The van der Waals surface area contributed by atoms with Gasteiger partial charge in [-0.05, 0) is 134 Å². The highest BCUT2D eigenvalue weighted by Gasteiger charge is 2.67. The van der Waals surface area contributed by atoms with Crippen molar-refractivity contribution < 1.29 is 140 Å². The summed E-state index contributed by atoms with van der Waals surface area (Å²) >= 11 is 1.37. The number of aromatic carboxylic acids is 1. The van der Waals surface area contributed by atoms with Gasteiger partial charge in [0.05, 0.1) is 54.6 Å². The Morgan fingerprint density at radius 3 is 2.21 bits per heavy atom. The lowest BCUT2D eigenvalue weighted by molar-refractivity contribution is -0.473. The number of ether oxygens (including phenoxy) is 8. The molecule has 4 saturated carbocycles.